The number of halogens is 2. The molecule has 0 bridgehead atoms. The molecule has 166 valence electrons. The first-order valence-corrected chi connectivity index (χ1v) is 10.5. The molecule has 3 aliphatic heterocycles. The van der Waals surface area contributed by atoms with Crippen LogP contribution < -0.4 is 26.6 Å². The van der Waals surface area contributed by atoms with Crippen molar-refractivity contribution < 1.29 is 13.9 Å². The number of hydrogen-bond acceptors (Lipinski definition) is 9. The highest BCUT2D eigenvalue weighted by Crippen LogP contribution is 2.35. The molecular formula is C18H28ClFN8O2. The van der Waals surface area contributed by atoms with E-state index in [0.29, 0.717) is 68.5 Å². The lowest BCUT2D eigenvalue weighted by molar-refractivity contribution is -0.0848. The summed E-state index contributed by atoms with van der Waals surface area (Å²) < 4.78 is 28.0. The molecule has 0 aromatic carbocycles. The first-order chi connectivity index (χ1) is 14.5. The average Bonchev–Trinajstić information content (AvgIpc) is 2.97. The minimum Gasteiger partial charge on any atom is -0.475 e. The highest BCUT2D eigenvalue weighted by atomic mass is 35.5. The fraction of sp³-hybridized carbons (Fsp3) is 0.667. The maximum absolute atomic E-state index is 15.1. The molecule has 0 aliphatic carbocycles. The van der Waals surface area contributed by atoms with Gasteiger partial charge in [0.2, 0.25) is 0 Å². The van der Waals surface area contributed by atoms with E-state index in [1.165, 1.54) is 6.20 Å². The van der Waals surface area contributed by atoms with Crippen LogP contribution >= 0.6 is 11.6 Å². The highest BCUT2D eigenvalue weighted by molar-refractivity contribution is 6.29. The lowest BCUT2D eigenvalue weighted by Gasteiger charge is -2.42. The van der Waals surface area contributed by atoms with Crippen LogP contribution in [0.25, 0.3) is 0 Å². The van der Waals surface area contributed by atoms with Crippen LogP contribution in [0, 0.1) is 6.92 Å². The summed E-state index contributed by atoms with van der Waals surface area (Å²) in [5.74, 6) is 0.508. The first kappa shape index (κ1) is 21.2. The zero-order chi connectivity index (χ0) is 21.1. The minimum absolute atomic E-state index is 0.123. The number of nitrogens with two attached hydrogens (primary N) is 1. The van der Waals surface area contributed by atoms with E-state index in [0.717, 1.165) is 12.2 Å². The number of anilines is 1. The molecule has 3 aliphatic rings. The molecule has 10 nitrogen and oxygen atoms in total. The van der Waals surface area contributed by atoms with Crippen LogP contribution in [0.3, 0.4) is 0 Å². The van der Waals surface area contributed by atoms with Crippen molar-refractivity contribution in [2.75, 3.05) is 44.8 Å². The third-order valence-electron chi connectivity index (χ3n) is 5.57. The van der Waals surface area contributed by atoms with Crippen LogP contribution in [0.1, 0.15) is 24.6 Å². The number of likely N-dealkylation sites (tertiary alicyclic amines) is 1. The Balaban J connectivity index is 1.56. The van der Waals surface area contributed by atoms with E-state index in [1.54, 1.807) is 4.68 Å². The van der Waals surface area contributed by atoms with Gasteiger partial charge < -0.3 is 25.9 Å². The lowest BCUT2D eigenvalue weighted by atomic mass is 10.0. The molecule has 2 saturated heterocycles. The Morgan fingerprint density at radius 2 is 2.20 bits per heavy atom. The van der Waals surface area contributed by atoms with Crippen molar-refractivity contribution in [3.63, 3.8) is 0 Å². The third kappa shape index (κ3) is 4.64. The van der Waals surface area contributed by atoms with E-state index in [4.69, 9.17) is 26.8 Å². The molecule has 1 unspecified atom stereocenters. The first-order valence-electron chi connectivity index (χ1n) is 10.2. The van der Waals surface area contributed by atoms with Gasteiger partial charge >= 0.3 is 0 Å². The molecule has 0 saturated carbocycles. The summed E-state index contributed by atoms with van der Waals surface area (Å²) in [6.07, 6.45) is 1.74. The summed E-state index contributed by atoms with van der Waals surface area (Å²) >= 11 is 6.02. The monoisotopic (exact) mass is 442 g/mol. The number of nitrogens with zero attached hydrogens (tertiary/aromatic N) is 4. The van der Waals surface area contributed by atoms with E-state index in [2.05, 4.69) is 31.2 Å². The van der Waals surface area contributed by atoms with Crippen molar-refractivity contribution in [1.82, 2.24) is 25.5 Å². The standard InChI is InChI=1S/C18H28ClFN8O2/c1-11-16-17(30-6-2-4-23-25-15(19)7-22-18(21)24-16)26-28(11)14-3-5-27(8-13(14)20)12-9-29-10-12/h7,12-14,23,25H,2-6,8-10H2,1H3,(H3,21,22,24)/b15-7-/t13?,14-/m1/s1. The number of aliphatic imine (C=N–C) groups is 1. The van der Waals surface area contributed by atoms with Gasteiger partial charge in [-0.1, -0.05) is 11.6 Å². The average molecular weight is 443 g/mol. The second kappa shape index (κ2) is 9.38. The third-order valence-corrected chi connectivity index (χ3v) is 5.76. The SMILES string of the molecule is Cc1c2c(nn1[C@@H]1CCN(C3COC3)CC1F)OCCCNN/C(Cl)=C\N=C(N)N2. The maximum atomic E-state index is 15.1. The van der Waals surface area contributed by atoms with E-state index in [1.807, 2.05) is 6.92 Å². The van der Waals surface area contributed by atoms with Gasteiger partial charge in [0.1, 0.15) is 17.0 Å². The second-order valence-corrected chi connectivity index (χ2v) is 8.05. The molecule has 5 N–H and O–H groups in total. The number of guanidine groups is 1. The van der Waals surface area contributed by atoms with Gasteiger partial charge in [-0.2, -0.15) is 0 Å². The fourth-order valence-electron chi connectivity index (χ4n) is 3.81. The number of hydrazine groups is 1. The minimum atomic E-state index is -1.03. The molecule has 0 amide bonds. The zero-order valence-electron chi connectivity index (χ0n) is 16.9. The number of ether oxygens (including phenoxy) is 2. The molecule has 2 atom stereocenters. The van der Waals surface area contributed by atoms with Crippen molar-refractivity contribution in [3.8, 4) is 5.88 Å². The smallest absolute Gasteiger partial charge is 0.257 e. The summed E-state index contributed by atoms with van der Waals surface area (Å²) in [5.41, 5.74) is 13.1. The van der Waals surface area contributed by atoms with Gasteiger partial charge in [0.15, 0.2) is 5.96 Å². The van der Waals surface area contributed by atoms with Crippen LogP contribution in [0.4, 0.5) is 10.1 Å². The predicted octanol–water partition coefficient (Wildman–Crippen LogP) is 0.816. The number of piperidine rings is 1. The molecular weight excluding hydrogens is 415 g/mol. The van der Waals surface area contributed by atoms with Crippen molar-refractivity contribution in [1.29, 1.82) is 0 Å². The number of fused-ring (bicyclic) bond motifs is 1. The lowest BCUT2D eigenvalue weighted by Crippen LogP contribution is -2.55. The number of hydrogen-bond donors (Lipinski definition) is 4. The van der Waals surface area contributed by atoms with Crippen LogP contribution in [0.5, 0.6) is 5.88 Å². The Hall–Kier alpha value is -2.08. The maximum Gasteiger partial charge on any atom is 0.257 e. The summed E-state index contributed by atoms with van der Waals surface area (Å²) in [4.78, 5) is 6.26. The van der Waals surface area contributed by atoms with Crippen LogP contribution in [0.15, 0.2) is 16.3 Å². The summed E-state index contributed by atoms with van der Waals surface area (Å²) in [7, 11) is 0. The Morgan fingerprint density at radius 1 is 1.37 bits per heavy atom. The summed E-state index contributed by atoms with van der Waals surface area (Å²) in [6.45, 7) is 5.49. The molecule has 4 rings (SSSR count). The van der Waals surface area contributed by atoms with Crippen molar-refractivity contribution in [2.24, 2.45) is 10.7 Å². The van der Waals surface area contributed by atoms with Gasteiger partial charge in [0.25, 0.3) is 5.88 Å². The normalized spacial score (nSPS) is 28.6. The van der Waals surface area contributed by atoms with Gasteiger partial charge in [-0.15, -0.1) is 5.10 Å². The largest absolute Gasteiger partial charge is 0.475 e. The number of aromatic nitrogens is 2. The molecule has 30 heavy (non-hydrogen) atoms. The Kier molecular flexibility index (Phi) is 6.61. The van der Waals surface area contributed by atoms with Crippen molar-refractivity contribution in [3.05, 3.63) is 17.1 Å². The van der Waals surface area contributed by atoms with Crippen LogP contribution in [-0.4, -0.2) is 72.3 Å². The topological polar surface area (TPSA) is 114 Å². The molecule has 12 heteroatoms. The Labute approximate surface area is 179 Å². The van der Waals surface area contributed by atoms with Gasteiger partial charge in [-0.3, -0.25) is 9.58 Å². The molecule has 2 fully saturated rings. The summed E-state index contributed by atoms with van der Waals surface area (Å²) in [6, 6.07) is -0.0333. The Morgan fingerprint density at radius 3 is 2.93 bits per heavy atom. The van der Waals surface area contributed by atoms with Crippen LogP contribution in [-0.2, 0) is 4.74 Å². The quantitative estimate of drug-likeness (QED) is 0.498. The van der Waals surface area contributed by atoms with Gasteiger partial charge in [0, 0.05) is 19.6 Å². The van der Waals surface area contributed by atoms with E-state index < -0.39 is 6.17 Å². The second-order valence-electron chi connectivity index (χ2n) is 7.64. The van der Waals surface area contributed by atoms with Gasteiger partial charge in [-0.05, 0) is 19.8 Å². The van der Waals surface area contributed by atoms with E-state index in [-0.39, 0.29) is 12.0 Å². The van der Waals surface area contributed by atoms with Gasteiger partial charge in [-0.25, -0.2) is 14.8 Å². The Bertz CT molecular complexity index is 812. The molecule has 0 radical (unpaired) electrons. The van der Waals surface area contributed by atoms with Crippen molar-refractivity contribution in [2.45, 2.75) is 38.0 Å². The van der Waals surface area contributed by atoms with E-state index >= 15 is 4.39 Å². The number of nitrogens with one attached hydrogen (secondary N) is 3. The van der Waals surface area contributed by atoms with Gasteiger partial charge in [0.05, 0.1) is 43.8 Å². The fourth-order valence-corrected chi connectivity index (χ4v) is 3.93. The molecule has 1 aromatic heterocycles. The molecule has 4 heterocycles. The van der Waals surface area contributed by atoms with Crippen LogP contribution in [0.2, 0.25) is 0 Å². The molecule has 0 spiro atoms. The number of alkyl halides is 1. The molecule has 1 aromatic rings. The van der Waals surface area contributed by atoms with E-state index in [9.17, 15) is 0 Å². The summed E-state index contributed by atoms with van der Waals surface area (Å²) in [5, 5.41) is 7.92. The predicted molar refractivity (Wildman–Crippen MR) is 112 cm³/mol. The van der Waals surface area contributed by atoms with Crippen molar-refractivity contribution >= 4 is 23.2 Å². The number of rotatable bonds is 2. The highest BCUT2D eigenvalue weighted by Gasteiger charge is 2.37. The zero-order valence-corrected chi connectivity index (χ0v) is 17.7.